The van der Waals surface area contributed by atoms with E-state index in [9.17, 15) is 19.8 Å². The molecule has 2 amide bonds. The molecule has 35 heavy (non-hydrogen) atoms. The maximum atomic E-state index is 12.3. The normalized spacial score (nSPS) is 12.9. The number of hydrogen-bond acceptors (Lipinski definition) is 3. The molecule has 0 rings (SSSR count). The number of aliphatic hydroxyl groups is 1. The lowest BCUT2D eigenvalue weighted by Crippen LogP contribution is -2.40. The third-order valence-electron chi connectivity index (χ3n) is 7.06. The number of rotatable bonds is 25. The zero-order valence-electron chi connectivity index (χ0n) is 23.4. The van der Waals surface area contributed by atoms with Crippen molar-refractivity contribution >= 4 is 12.0 Å². The molecule has 0 saturated carbocycles. The van der Waals surface area contributed by atoms with Crippen molar-refractivity contribution in [2.75, 3.05) is 20.1 Å². The molecule has 2 atom stereocenters. The number of nitrogens with zero attached hydrogens (tertiary/aromatic N) is 1. The molecule has 0 fully saturated rings. The third-order valence-corrected chi connectivity index (χ3v) is 7.06. The molecule has 2 unspecified atom stereocenters. The van der Waals surface area contributed by atoms with Gasteiger partial charge < -0.3 is 20.4 Å². The van der Waals surface area contributed by atoms with Gasteiger partial charge in [-0.1, -0.05) is 123 Å². The summed E-state index contributed by atoms with van der Waals surface area (Å²) in [5.41, 5.74) is 0. The summed E-state index contributed by atoms with van der Waals surface area (Å²) in [4.78, 5) is 25.5. The monoisotopic (exact) mass is 498 g/mol. The first-order chi connectivity index (χ1) is 16.9. The fraction of sp³-hybridized carbons (Fsp3) is 0.931. The summed E-state index contributed by atoms with van der Waals surface area (Å²) in [7, 11) is 1.70. The molecule has 0 aliphatic carbocycles. The van der Waals surface area contributed by atoms with Crippen LogP contribution in [0.2, 0.25) is 0 Å². The smallest absolute Gasteiger partial charge is 0.317 e. The van der Waals surface area contributed by atoms with Gasteiger partial charge in [0.1, 0.15) is 0 Å². The first kappa shape index (κ1) is 33.7. The minimum absolute atomic E-state index is 0.150. The van der Waals surface area contributed by atoms with Crippen molar-refractivity contribution in [1.82, 2.24) is 10.2 Å². The first-order valence-corrected chi connectivity index (χ1v) is 14.8. The number of carbonyl (C=O) groups is 2. The summed E-state index contributed by atoms with van der Waals surface area (Å²) in [6.07, 6.45) is 21.8. The van der Waals surface area contributed by atoms with Crippen LogP contribution in [0.5, 0.6) is 0 Å². The number of amides is 2. The Morgan fingerprint density at radius 2 is 1.11 bits per heavy atom. The second-order valence-electron chi connectivity index (χ2n) is 10.4. The molecule has 0 heterocycles. The average Bonchev–Trinajstić information content (AvgIpc) is 2.84. The van der Waals surface area contributed by atoms with Crippen LogP contribution in [-0.2, 0) is 4.79 Å². The van der Waals surface area contributed by atoms with Crippen molar-refractivity contribution in [3.63, 3.8) is 0 Å². The van der Waals surface area contributed by atoms with Crippen molar-refractivity contribution in [2.24, 2.45) is 5.92 Å². The van der Waals surface area contributed by atoms with E-state index in [1.54, 1.807) is 11.9 Å². The zero-order valence-corrected chi connectivity index (χ0v) is 23.4. The number of hydrogen-bond donors (Lipinski definition) is 3. The van der Waals surface area contributed by atoms with E-state index >= 15 is 0 Å². The Labute approximate surface area is 216 Å². The van der Waals surface area contributed by atoms with Crippen molar-refractivity contribution < 1.29 is 19.8 Å². The van der Waals surface area contributed by atoms with Gasteiger partial charge in [0.25, 0.3) is 0 Å². The van der Waals surface area contributed by atoms with Crippen molar-refractivity contribution in [3.8, 4) is 0 Å². The largest absolute Gasteiger partial charge is 0.481 e. The first-order valence-electron chi connectivity index (χ1n) is 14.8. The molecule has 3 N–H and O–H groups in total. The van der Waals surface area contributed by atoms with Crippen LogP contribution in [0.25, 0.3) is 0 Å². The van der Waals surface area contributed by atoms with Gasteiger partial charge in [0, 0.05) is 20.1 Å². The summed E-state index contributed by atoms with van der Waals surface area (Å²) in [6, 6.07) is -0.150. The van der Waals surface area contributed by atoms with Gasteiger partial charge in [-0.2, -0.15) is 0 Å². The van der Waals surface area contributed by atoms with Crippen molar-refractivity contribution in [1.29, 1.82) is 0 Å². The number of unbranched alkanes of at least 4 members (excludes halogenated alkanes) is 16. The van der Waals surface area contributed by atoms with E-state index in [1.807, 2.05) is 0 Å². The van der Waals surface area contributed by atoms with Crippen LogP contribution in [0.3, 0.4) is 0 Å². The third kappa shape index (κ3) is 20.6. The summed E-state index contributed by atoms with van der Waals surface area (Å²) < 4.78 is 0. The second-order valence-corrected chi connectivity index (χ2v) is 10.4. The summed E-state index contributed by atoms with van der Waals surface area (Å²) >= 11 is 0. The summed E-state index contributed by atoms with van der Waals surface area (Å²) in [6.45, 7) is 5.47. The van der Waals surface area contributed by atoms with E-state index in [2.05, 4.69) is 19.2 Å². The van der Waals surface area contributed by atoms with E-state index in [0.717, 1.165) is 32.1 Å². The number of aliphatic hydroxyl groups excluding tert-OH is 1. The zero-order chi connectivity index (χ0) is 26.2. The van der Waals surface area contributed by atoms with E-state index in [-0.39, 0.29) is 12.5 Å². The Kier molecular flexibility index (Phi) is 23.5. The lowest BCUT2D eigenvalue weighted by atomic mass is 9.93. The van der Waals surface area contributed by atoms with Gasteiger partial charge in [0.05, 0.1) is 12.0 Å². The lowest BCUT2D eigenvalue weighted by molar-refractivity contribution is -0.146. The number of carboxylic acid groups (broad SMARTS) is 1. The average molecular weight is 499 g/mol. The quantitative estimate of drug-likeness (QED) is 0.113. The molecule has 0 saturated heterocycles. The predicted octanol–water partition coefficient (Wildman–Crippen LogP) is 7.53. The van der Waals surface area contributed by atoms with Crippen LogP contribution in [0.4, 0.5) is 4.79 Å². The topological polar surface area (TPSA) is 89.9 Å². The molecule has 0 aromatic heterocycles. The van der Waals surface area contributed by atoms with Crippen LogP contribution in [0.15, 0.2) is 0 Å². The molecule has 0 spiro atoms. The Balaban J connectivity index is 3.87. The van der Waals surface area contributed by atoms with Gasteiger partial charge in [0.2, 0.25) is 0 Å². The predicted molar refractivity (Wildman–Crippen MR) is 147 cm³/mol. The van der Waals surface area contributed by atoms with E-state index in [0.29, 0.717) is 19.5 Å². The summed E-state index contributed by atoms with van der Waals surface area (Å²) in [5, 5.41) is 22.9. The molecule has 0 aromatic carbocycles. The molecule has 6 nitrogen and oxygen atoms in total. The second kappa shape index (κ2) is 24.4. The maximum Gasteiger partial charge on any atom is 0.317 e. The van der Waals surface area contributed by atoms with Gasteiger partial charge in [-0.25, -0.2) is 4.79 Å². The molecule has 0 radical (unpaired) electrons. The fourth-order valence-corrected chi connectivity index (χ4v) is 4.55. The highest BCUT2D eigenvalue weighted by atomic mass is 16.4. The molecular formula is C29H58N2O4. The molecule has 0 bridgehead atoms. The van der Waals surface area contributed by atoms with Crippen LogP contribution in [0.1, 0.15) is 142 Å². The minimum Gasteiger partial charge on any atom is -0.481 e. The lowest BCUT2D eigenvalue weighted by Gasteiger charge is -2.23. The van der Waals surface area contributed by atoms with Crippen molar-refractivity contribution in [3.05, 3.63) is 0 Å². The maximum absolute atomic E-state index is 12.3. The van der Waals surface area contributed by atoms with E-state index in [1.165, 1.54) is 83.5 Å². The van der Waals surface area contributed by atoms with Gasteiger partial charge in [-0.3, -0.25) is 4.79 Å². The Morgan fingerprint density at radius 3 is 1.57 bits per heavy atom. The Bertz CT molecular complexity index is 501. The minimum atomic E-state index is -0.937. The van der Waals surface area contributed by atoms with Gasteiger partial charge in [-0.15, -0.1) is 0 Å². The highest BCUT2D eigenvalue weighted by molar-refractivity contribution is 5.73. The van der Waals surface area contributed by atoms with Gasteiger partial charge >= 0.3 is 12.0 Å². The molecule has 0 aliphatic rings. The highest BCUT2D eigenvalue weighted by Gasteiger charge is 2.26. The molecular weight excluding hydrogens is 440 g/mol. The van der Waals surface area contributed by atoms with Crippen LogP contribution < -0.4 is 5.32 Å². The van der Waals surface area contributed by atoms with Crippen LogP contribution in [-0.4, -0.2) is 53.4 Å². The molecule has 208 valence electrons. The van der Waals surface area contributed by atoms with Gasteiger partial charge in [0.15, 0.2) is 0 Å². The van der Waals surface area contributed by atoms with Crippen LogP contribution in [0, 0.1) is 5.92 Å². The number of carboxylic acids is 1. The number of urea groups is 1. The number of nitrogens with one attached hydrogen (secondary N) is 1. The standard InChI is InChI=1S/C29H58N2O4/c1-4-6-8-10-12-14-15-17-19-21-24-30-29(35)31(3)25-23-27(32)26(28(33)34)22-20-18-16-13-11-9-7-5-2/h26-27,32H,4-25H2,1-3H3,(H,30,35)(H,33,34). The van der Waals surface area contributed by atoms with Crippen LogP contribution >= 0.6 is 0 Å². The number of aliphatic carboxylic acids is 1. The number of carbonyl (C=O) groups excluding carboxylic acids is 1. The highest BCUT2D eigenvalue weighted by Crippen LogP contribution is 2.19. The Morgan fingerprint density at radius 1 is 0.686 bits per heavy atom. The molecule has 0 aliphatic heterocycles. The SMILES string of the molecule is CCCCCCCCCCCCNC(=O)N(C)CCC(O)C(CCCCCCCCCC)C(=O)O. The molecule has 6 heteroatoms. The molecule has 0 aromatic rings. The summed E-state index contributed by atoms with van der Waals surface area (Å²) in [5.74, 6) is -1.69. The van der Waals surface area contributed by atoms with Crippen molar-refractivity contribution in [2.45, 2.75) is 148 Å². The van der Waals surface area contributed by atoms with E-state index < -0.39 is 18.0 Å². The fourth-order valence-electron chi connectivity index (χ4n) is 4.55. The van der Waals surface area contributed by atoms with E-state index in [4.69, 9.17) is 0 Å². The van der Waals surface area contributed by atoms with Gasteiger partial charge in [-0.05, 0) is 19.3 Å². The Hall–Kier alpha value is -1.30.